The van der Waals surface area contributed by atoms with Crippen LogP contribution in [-0.4, -0.2) is 45.7 Å². The molecule has 0 spiro atoms. The number of hydrogen-bond donors (Lipinski definition) is 2. The number of thiazole rings is 1. The number of rotatable bonds is 3. The Morgan fingerprint density at radius 2 is 2.13 bits per heavy atom. The van der Waals surface area contributed by atoms with Gasteiger partial charge < -0.3 is 15.2 Å². The molecule has 2 amide bonds. The zero-order chi connectivity index (χ0) is 16.2. The Kier molecular flexibility index (Phi) is 4.54. The minimum Gasteiger partial charge on any atom is -0.410 e. The second-order valence-electron chi connectivity index (χ2n) is 5.07. The standard InChI is InChI=1S/C15H15N3O4S/c19-10-8-12(13(20)17-14-16-6-7-23-14)18(9-10)15(21)22-11-4-2-1-3-5-11/h1-7,10,12,19H,8-9H2,(H,16,17,20). The molecular weight excluding hydrogens is 318 g/mol. The number of anilines is 1. The van der Waals surface area contributed by atoms with Crippen LogP contribution in [0.4, 0.5) is 9.93 Å². The fourth-order valence-corrected chi connectivity index (χ4v) is 2.92. The van der Waals surface area contributed by atoms with Crippen molar-refractivity contribution in [1.29, 1.82) is 0 Å². The molecule has 120 valence electrons. The van der Waals surface area contributed by atoms with E-state index in [1.807, 2.05) is 0 Å². The van der Waals surface area contributed by atoms with Crippen LogP contribution in [0.25, 0.3) is 0 Å². The van der Waals surface area contributed by atoms with Gasteiger partial charge in [0.1, 0.15) is 11.8 Å². The third-order valence-corrected chi connectivity index (χ3v) is 4.12. The summed E-state index contributed by atoms with van der Waals surface area (Å²) in [5, 5.41) is 14.6. The number of aliphatic hydroxyl groups is 1. The van der Waals surface area contributed by atoms with Crippen molar-refractivity contribution in [3.8, 4) is 5.75 Å². The number of β-amino-alcohol motifs (C(OH)–C–C–N with tert-alkyl or cyclic N) is 1. The Bertz CT molecular complexity index is 677. The number of nitrogens with zero attached hydrogens (tertiary/aromatic N) is 2. The number of aromatic nitrogens is 1. The predicted molar refractivity (Wildman–Crippen MR) is 84.3 cm³/mol. The van der Waals surface area contributed by atoms with E-state index in [4.69, 9.17) is 4.74 Å². The quantitative estimate of drug-likeness (QED) is 0.892. The lowest BCUT2D eigenvalue weighted by Gasteiger charge is -2.22. The molecule has 2 atom stereocenters. The van der Waals surface area contributed by atoms with Gasteiger partial charge in [-0.3, -0.25) is 9.69 Å². The SMILES string of the molecule is O=C(Nc1nccs1)C1CC(O)CN1C(=O)Oc1ccccc1. The summed E-state index contributed by atoms with van der Waals surface area (Å²) >= 11 is 1.28. The fourth-order valence-electron chi connectivity index (χ4n) is 2.39. The number of amides is 2. The summed E-state index contributed by atoms with van der Waals surface area (Å²) in [4.78, 5) is 29.8. The Morgan fingerprint density at radius 1 is 1.35 bits per heavy atom. The number of ether oxygens (including phenoxy) is 1. The molecule has 8 heteroatoms. The molecule has 1 saturated heterocycles. The number of carbonyl (C=O) groups is 2. The van der Waals surface area contributed by atoms with Crippen LogP contribution in [0.3, 0.4) is 0 Å². The zero-order valence-corrected chi connectivity index (χ0v) is 12.9. The monoisotopic (exact) mass is 333 g/mol. The Morgan fingerprint density at radius 3 is 2.83 bits per heavy atom. The molecule has 0 bridgehead atoms. The van der Waals surface area contributed by atoms with Crippen LogP contribution < -0.4 is 10.1 Å². The van der Waals surface area contributed by atoms with Crippen LogP contribution in [0.15, 0.2) is 41.9 Å². The molecule has 0 saturated carbocycles. The molecule has 2 aromatic rings. The summed E-state index contributed by atoms with van der Waals surface area (Å²) < 4.78 is 5.25. The first-order valence-corrected chi connectivity index (χ1v) is 7.93. The molecule has 0 aliphatic carbocycles. The largest absolute Gasteiger partial charge is 0.416 e. The molecule has 1 aliphatic rings. The summed E-state index contributed by atoms with van der Waals surface area (Å²) in [6.45, 7) is 0.0572. The Hall–Kier alpha value is -2.45. The van der Waals surface area contributed by atoms with Crippen LogP contribution in [0.5, 0.6) is 5.75 Å². The molecule has 3 rings (SSSR count). The number of aliphatic hydroxyl groups excluding tert-OH is 1. The van der Waals surface area contributed by atoms with Crippen molar-refractivity contribution in [2.45, 2.75) is 18.6 Å². The normalized spacial score (nSPS) is 20.3. The van der Waals surface area contributed by atoms with E-state index in [2.05, 4.69) is 10.3 Å². The topological polar surface area (TPSA) is 91.8 Å². The average Bonchev–Trinajstić information content (AvgIpc) is 3.17. The summed E-state index contributed by atoms with van der Waals surface area (Å²) in [6.07, 6.45) is 0.323. The highest BCUT2D eigenvalue weighted by atomic mass is 32.1. The number of nitrogens with one attached hydrogen (secondary N) is 1. The van der Waals surface area contributed by atoms with Gasteiger partial charge in [0.25, 0.3) is 0 Å². The summed E-state index contributed by atoms with van der Waals surface area (Å²) in [5.41, 5.74) is 0. The van der Waals surface area contributed by atoms with Gasteiger partial charge in [-0.25, -0.2) is 9.78 Å². The third-order valence-electron chi connectivity index (χ3n) is 3.43. The smallest absolute Gasteiger partial charge is 0.410 e. The summed E-state index contributed by atoms with van der Waals surface area (Å²) in [5.74, 6) is -0.000479. The van der Waals surface area contributed by atoms with Crippen molar-refractivity contribution >= 4 is 28.5 Å². The maximum atomic E-state index is 12.3. The molecule has 2 unspecified atom stereocenters. The molecule has 0 radical (unpaired) electrons. The number of benzene rings is 1. The molecule has 1 aromatic carbocycles. The molecule has 2 heterocycles. The van der Waals surface area contributed by atoms with Gasteiger partial charge >= 0.3 is 6.09 Å². The van der Waals surface area contributed by atoms with Crippen molar-refractivity contribution in [1.82, 2.24) is 9.88 Å². The van der Waals surface area contributed by atoms with Gasteiger partial charge in [0.05, 0.1) is 12.6 Å². The van der Waals surface area contributed by atoms with Gasteiger partial charge in [0.2, 0.25) is 5.91 Å². The van der Waals surface area contributed by atoms with Gasteiger partial charge in [-0.2, -0.15) is 0 Å². The first kappa shape index (κ1) is 15.4. The highest BCUT2D eigenvalue weighted by molar-refractivity contribution is 7.13. The van der Waals surface area contributed by atoms with Crippen LogP contribution in [0.2, 0.25) is 0 Å². The second kappa shape index (κ2) is 6.76. The molecule has 1 aliphatic heterocycles. The molecular formula is C15H15N3O4S. The van der Waals surface area contributed by atoms with E-state index in [-0.39, 0.29) is 18.9 Å². The minimum atomic E-state index is -0.787. The number of carbonyl (C=O) groups excluding carboxylic acids is 2. The van der Waals surface area contributed by atoms with E-state index in [1.165, 1.54) is 16.2 Å². The van der Waals surface area contributed by atoms with Crippen LogP contribution >= 0.6 is 11.3 Å². The van der Waals surface area contributed by atoms with Crippen molar-refractivity contribution < 1.29 is 19.4 Å². The third kappa shape index (κ3) is 3.66. The van der Waals surface area contributed by atoms with Crippen molar-refractivity contribution in [2.24, 2.45) is 0 Å². The van der Waals surface area contributed by atoms with E-state index >= 15 is 0 Å². The lowest BCUT2D eigenvalue weighted by Crippen LogP contribution is -2.44. The maximum absolute atomic E-state index is 12.3. The molecule has 7 nitrogen and oxygen atoms in total. The van der Waals surface area contributed by atoms with E-state index in [0.29, 0.717) is 10.9 Å². The van der Waals surface area contributed by atoms with Gasteiger partial charge in [-0.1, -0.05) is 18.2 Å². The molecule has 1 fully saturated rings. The van der Waals surface area contributed by atoms with Gasteiger partial charge in [-0.15, -0.1) is 11.3 Å². The van der Waals surface area contributed by atoms with Gasteiger partial charge in [0.15, 0.2) is 5.13 Å². The highest BCUT2D eigenvalue weighted by Crippen LogP contribution is 2.22. The van der Waals surface area contributed by atoms with E-state index in [9.17, 15) is 14.7 Å². The number of likely N-dealkylation sites (tertiary alicyclic amines) is 1. The second-order valence-corrected chi connectivity index (χ2v) is 5.96. The molecule has 1 aromatic heterocycles. The van der Waals surface area contributed by atoms with Crippen LogP contribution in [0.1, 0.15) is 6.42 Å². The molecule has 23 heavy (non-hydrogen) atoms. The Labute approximate surface area is 136 Å². The van der Waals surface area contributed by atoms with Gasteiger partial charge in [-0.05, 0) is 12.1 Å². The minimum absolute atomic E-state index is 0.0572. The van der Waals surface area contributed by atoms with Crippen molar-refractivity contribution in [2.75, 3.05) is 11.9 Å². The lowest BCUT2D eigenvalue weighted by molar-refractivity contribution is -0.119. The first-order chi connectivity index (χ1) is 11.1. The van der Waals surface area contributed by atoms with Crippen molar-refractivity contribution in [3.05, 3.63) is 41.9 Å². The van der Waals surface area contributed by atoms with Gasteiger partial charge in [0, 0.05) is 18.0 Å². The van der Waals surface area contributed by atoms with Crippen LogP contribution in [-0.2, 0) is 4.79 Å². The van der Waals surface area contributed by atoms with E-state index < -0.39 is 18.2 Å². The predicted octanol–water partition coefficient (Wildman–Crippen LogP) is 1.72. The first-order valence-electron chi connectivity index (χ1n) is 7.05. The number of hydrogen-bond acceptors (Lipinski definition) is 6. The van der Waals surface area contributed by atoms with E-state index in [0.717, 1.165) is 0 Å². The number of para-hydroxylation sites is 1. The highest BCUT2D eigenvalue weighted by Gasteiger charge is 2.40. The van der Waals surface area contributed by atoms with Crippen molar-refractivity contribution in [3.63, 3.8) is 0 Å². The molecule has 2 N–H and O–H groups in total. The maximum Gasteiger partial charge on any atom is 0.416 e. The Balaban J connectivity index is 1.69. The van der Waals surface area contributed by atoms with Crippen LogP contribution in [0, 0.1) is 0 Å². The zero-order valence-electron chi connectivity index (χ0n) is 12.1. The fraction of sp³-hybridized carbons (Fsp3) is 0.267. The summed E-state index contributed by atoms with van der Waals surface area (Å²) in [7, 11) is 0. The van der Waals surface area contributed by atoms with E-state index in [1.54, 1.807) is 41.9 Å². The lowest BCUT2D eigenvalue weighted by atomic mass is 10.2. The average molecular weight is 333 g/mol. The summed E-state index contributed by atoms with van der Waals surface area (Å²) in [6, 6.07) is 7.80.